The highest BCUT2D eigenvalue weighted by Gasteiger charge is 2.19. The zero-order valence-corrected chi connectivity index (χ0v) is 10.1. The highest BCUT2D eigenvalue weighted by Crippen LogP contribution is 2.23. The molecule has 18 heavy (non-hydrogen) atoms. The molecule has 1 saturated carbocycles. The smallest absolute Gasteiger partial charge is 0.306 e. The average Bonchev–Trinajstić information content (AvgIpc) is 2.41. The molecule has 1 aliphatic carbocycles. The van der Waals surface area contributed by atoms with Crippen molar-refractivity contribution in [3.8, 4) is 0 Å². The van der Waals surface area contributed by atoms with E-state index in [1.807, 2.05) is 0 Å². The molecular weight excluding hydrogens is 234 g/mol. The summed E-state index contributed by atoms with van der Waals surface area (Å²) in [5.41, 5.74) is 5.23. The van der Waals surface area contributed by atoms with Crippen molar-refractivity contribution in [2.45, 2.75) is 32.1 Å². The molecule has 0 spiro atoms. The van der Waals surface area contributed by atoms with Gasteiger partial charge in [0.15, 0.2) is 0 Å². The van der Waals surface area contributed by atoms with Crippen molar-refractivity contribution in [3.05, 3.63) is 24.3 Å². The van der Waals surface area contributed by atoms with E-state index in [2.05, 4.69) is 9.97 Å². The fourth-order valence-corrected chi connectivity index (χ4v) is 1.78. The molecule has 0 unspecified atom stereocenters. The molecule has 1 aromatic rings. The quantitative estimate of drug-likeness (QED) is 0.822. The molecular formula is C12H17N3O3. The Labute approximate surface area is 105 Å². The van der Waals surface area contributed by atoms with Crippen LogP contribution in [-0.2, 0) is 4.79 Å². The van der Waals surface area contributed by atoms with E-state index in [0.717, 1.165) is 25.7 Å². The summed E-state index contributed by atoms with van der Waals surface area (Å²) in [5.74, 6) is -1.14. The maximum Gasteiger partial charge on any atom is 0.306 e. The number of nitrogens with two attached hydrogens (primary N) is 1. The van der Waals surface area contributed by atoms with Gasteiger partial charge in [0, 0.05) is 12.4 Å². The van der Waals surface area contributed by atoms with Crippen LogP contribution in [-0.4, -0.2) is 27.0 Å². The summed E-state index contributed by atoms with van der Waals surface area (Å²) in [6.45, 7) is 0. The lowest BCUT2D eigenvalue weighted by Gasteiger charge is -2.16. The van der Waals surface area contributed by atoms with E-state index >= 15 is 0 Å². The third kappa shape index (κ3) is 4.90. The van der Waals surface area contributed by atoms with Gasteiger partial charge in [-0.3, -0.25) is 9.59 Å². The third-order valence-corrected chi connectivity index (χ3v) is 2.80. The fourth-order valence-electron chi connectivity index (χ4n) is 1.78. The molecule has 2 rings (SSSR count). The Kier molecular flexibility index (Phi) is 5.76. The summed E-state index contributed by atoms with van der Waals surface area (Å²) in [5, 5.41) is 8.54. The molecule has 0 saturated heterocycles. The average molecular weight is 251 g/mol. The van der Waals surface area contributed by atoms with Crippen LogP contribution in [0.5, 0.6) is 0 Å². The van der Waals surface area contributed by atoms with E-state index in [1.54, 1.807) is 0 Å². The maximum absolute atomic E-state index is 10.4. The van der Waals surface area contributed by atoms with Gasteiger partial charge in [-0.25, -0.2) is 9.97 Å². The predicted molar refractivity (Wildman–Crippen MR) is 64.8 cm³/mol. The highest BCUT2D eigenvalue weighted by atomic mass is 16.4. The Morgan fingerprint density at radius 2 is 1.72 bits per heavy atom. The van der Waals surface area contributed by atoms with Gasteiger partial charge in [-0.05, 0) is 12.8 Å². The first-order valence-electron chi connectivity index (χ1n) is 5.89. The fraction of sp³-hybridized carbons (Fsp3) is 0.500. The summed E-state index contributed by atoms with van der Waals surface area (Å²) < 4.78 is 0. The summed E-state index contributed by atoms with van der Waals surface area (Å²) in [6, 6.07) is 0. The van der Waals surface area contributed by atoms with Gasteiger partial charge in [-0.15, -0.1) is 0 Å². The normalized spacial score (nSPS) is 15.3. The van der Waals surface area contributed by atoms with E-state index in [-0.39, 0.29) is 5.92 Å². The van der Waals surface area contributed by atoms with Gasteiger partial charge in [-0.1, -0.05) is 19.3 Å². The van der Waals surface area contributed by atoms with E-state index in [0.29, 0.717) is 5.56 Å². The summed E-state index contributed by atoms with van der Waals surface area (Å²) in [7, 11) is 0. The molecule has 1 aliphatic rings. The number of carbonyl (C=O) groups excluding carboxylic acids is 1. The third-order valence-electron chi connectivity index (χ3n) is 2.80. The van der Waals surface area contributed by atoms with Gasteiger partial charge in [0.1, 0.15) is 6.33 Å². The van der Waals surface area contributed by atoms with E-state index in [4.69, 9.17) is 10.8 Å². The van der Waals surface area contributed by atoms with Gasteiger partial charge in [-0.2, -0.15) is 0 Å². The number of hydrogen-bond donors (Lipinski definition) is 2. The van der Waals surface area contributed by atoms with Crippen molar-refractivity contribution in [2.24, 2.45) is 11.7 Å². The van der Waals surface area contributed by atoms with Crippen LogP contribution in [0.1, 0.15) is 42.5 Å². The second-order valence-electron chi connectivity index (χ2n) is 4.16. The largest absolute Gasteiger partial charge is 0.481 e. The number of aliphatic carboxylic acids is 1. The lowest BCUT2D eigenvalue weighted by molar-refractivity contribution is -0.142. The van der Waals surface area contributed by atoms with Crippen LogP contribution >= 0.6 is 0 Å². The monoisotopic (exact) mass is 251 g/mol. The molecule has 1 aromatic heterocycles. The number of aromatic nitrogens is 2. The molecule has 0 atom stereocenters. The van der Waals surface area contributed by atoms with Crippen LogP contribution in [0.3, 0.4) is 0 Å². The number of carbonyl (C=O) groups is 2. The number of nitrogens with zero attached hydrogens (tertiary/aromatic N) is 2. The lowest BCUT2D eigenvalue weighted by Crippen LogP contribution is -2.16. The van der Waals surface area contributed by atoms with Crippen molar-refractivity contribution in [1.82, 2.24) is 9.97 Å². The van der Waals surface area contributed by atoms with Gasteiger partial charge in [0.05, 0.1) is 11.5 Å². The van der Waals surface area contributed by atoms with Crippen molar-refractivity contribution >= 4 is 11.9 Å². The number of carboxylic acids is 1. The second-order valence-corrected chi connectivity index (χ2v) is 4.16. The van der Waals surface area contributed by atoms with Crippen molar-refractivity contribution in [2.75, 3.05) is 0 Å². The van der Waals surface area contributed by atoms with Crippen molar-refractivity contribution in [3.63, 3.8) is 0 Å². The topological polar surface area (TPSA) is 106 Å². The van der Waals surface area contributed by atoms with Gasteiger partial charge < -0.3 is 10.8 Å². The molecule has 0 aromatic carbocycles. The van der Waals surface area contributed by atoms with Gasteiger partial charge in [0.2, 0.25) is 0 Å². The molecule has 6 heteroatoms. The van der Waals surface area contributed by atoms with E-state index in [1.165, 1.54) is 25.1 Å². The second kappa shape index (κ2) is 7.37. The van der Waals surface area contributed by atoms with E-state index < -0.39 is 11.9 Å². The highest BCUT2D eigenvalue weighted by molar-refractivity contribution is 5.91. The number of primary amides is 1. The first kappa shape index (κ1) is 14.1. The summed E-state index contributed by atoms with van der Waals surface area (Å²) in [4.78, 5) is 27.9. The number of amides is 1. The van der Waals surface area contributed by atoms with Crippen LogP contribution in [0.4, 0.5) is 0 Å². The zero-order valence-electron chi connectivity index (χ0n) is 10.1. The Hall–Kier alpha value is -1.98. The molecule has 0 radical (unpaired) electrons. The first-order chi connectivity index (χ1) is 8.61. The molecule has 1 fully saturated rings. The van der Waals surface area contributed by atoms with E-state index in [9.17, 15) is 9.59 Å². The van der Waals surface area contributed by atoms with Crippen LogP contribution in [0.25, 0.3) is 0 Å². The molecule has 3 N–H and O–H groups in total. The van der Waals surface area contributed by atoms with Gasteiger partial charge >= 0.3 is 5.97 Å². The number of carboxylic acid groups (broad SMARTS) is 1. The predicted octanol–water partition coefficient (Wildman–Crippen LogP) is 1.23. The SMILES string of the molecule is NC(=O)c1cncnc1.O=C(O)C1CCCCC1. The van der Waals surface area contributed by atoms with Crippen molar-refractivity contribution in [1.29, 1.82) is 0 Å². The molecule has 6 nitrogen and oxygen atoms in total. The van der Waals surface area contributed by atoms with Crippen molar-refractivity contribution < 1.29 is 14.7 Å². The summed E-state index contributed by atoms with van der Waals surface area (Å²) in [6.07, 6.45) is 9.32. The Bertz CT molecular complexity index is 389. The standard InChI is InChI=1S/C7H12O2.C5H5N3O/c8-7(9)6-4-2-1-3-5-6;6-5(9)4-1-7-3-8-2-4/h6H,1-5H2,(H,8,9);1-3H,(H2,6,9). The zero-order chi connectivity index (χ0) is 13.4. The minimum Gasteiger partial charge on any atom is -0.481 e. The minimum absolute atomic E-state index is 0.0289. The van der Waals surface area contributed by atoms with Gasteiger partial charge in [0.25, 0.3) is 5.91 Å². The van der Waals surface area contributed by atoms with Crippen LogP contribution in [0, 0.1) is 5.92 Å². The molecule has 0 aliphatic heterocycles. The van der Waals surface area contributed by atoms with Crippen LogP contribution in [0.15, 0.2) is 18.7 Å². The Morgan fingerprint density at radius 1 is 1.17 bits per heavy atom. The molecule has 1 amide bonds. The Morgan fingerprint density at radius 3 is 2.06 bits per heavy atom. The summed E-state index contributed by atoms with van der Waals surface area (Å²) >= 11 is 0. The lowest BCUT2D eigenvalue weighted by atomic mass is 9.90. The molecule has 1 heterocycles. The van der Waals surface area contributed by atoms with Crippen LogP contribution < -0.4 is 5.73 Å². The molecule has 0 bridgehead atoms. The first-order valence-corrected chi connectivity index (χ1v) is 5.89. The number of rotatable bonds is 2. The Balaban J connectivity index is 0.000000180. The maximum atomic E-state index is 10.4. The van der Waals surface area contributed by atoms with Crippen LogP contribution in [0.2, 0.25) is 0 Å². The minimum atomic E-state index is -0.602. The molecule has 98 valence electrons. The number of hydrogen-bond acceptors (Lipinski definition) is 4.